The number of hydrogen-bond donors (Lipinski definition) is 1. The van der Waals surface area contributed by atoms with Crippen molar-refractivity contribution in [2.45, 2.75) is 44.4 Å². The van der Waals surface area contributed by atoms with Crippen LogP contribution in [0.25, 0.3) is 0 Å². The third kappa shape index (κ3) is 2.80. The lowest BCUT2D eigenvalue weighted by Gasteiger charge is -2.28. The number of nitrogens with zero attached hydrogens (tertiary/aromatic N) is 1. The molecule has 0 aromatic carbocycles. The molecule has 3 rings (SSSR count). The first-order chi connectivity index (χ1) is 11.3. The molecule has 0 aromatic heterocycles. The summed E-state index contributed by atoms with van der Waals surface area (Å²) in [6.07, 6.45) is 4.23. The van der Waals surface area contributed by atoms with E-state index in [9.17, 15) is 14.7 Å². The van der Waals surface area contributed by atoms with Crippen LogP contribution in [0, 0.1) is 0 Å². The summed E-state index contributed by atoms with van der Waals surface area (Å²) in [5.41, 5.74) is -0.330. The fraction of sp³-hybridized carbons (Fsp3) is 0.556. The van der Waals surface area contributed by atoms with Gasteiger partial charge in [0.25, 0.3) is 0 Å². The van der Waals surface area contributed by atoms with Crippen LogP contribution < -0.4 is 0 Å². The van der Waals surface area contributed by atoms with Crippen molar-refractivity contribution in [2.24, 2.45) is 0 Å². The van der Waals surface area contributed by atoms with E-state index in [1.807, 2.05) is 6.08 Å². The number of cyclic esters (lactones) is 1. The predicted molar refractivity (Wildman–Crippen MR) is 87.0 cm³/mol. The smallest absolute Gasteiger partial charge is 0.342 e. The van der Waals surface area contributed by atoms with Crippen molar-refractivity contribution in [3.8, 4) is 0 Å². The van der Waals surface area contributed by atoms with E-state index in [1.165, 1.54) is 6.92 Å². The molecule has 3 atom stereocenters. The van der Waals surface area contributed by atoms with Crippen molar-refractivity contribution in [2.75, 3.05) is 19.7 Å². The van der Waals surface area contributed by atoms with E-state index in [-0.39, 0.29) is 30.7 Å². The van der Waals surface area contributed by atoms with Gasteiger partial charge in [-0.05, 0) is 31.4 Å². The zero-order valence-corrected chi connectivity index (χ0v) is 14.1. The van der Waals surface area contributed by atoms with Crippen LogP contribution in [0.15, 0.2) is 35.5 Å². The summed E-state index contributed by atoms with van der Waals surface area (Å²) in [6.45, 7) is 8.53. The standard InChI is InChI=1S/C18H23NO5/c1-4-12-9-11(2)18(3,22)17(21)23-10-13-5-7-19-8-6-14(15(13)19)24-16(12)20/h4-5,14-15,22H,2,6-10H2,1,3H3/b12-4-/t14-,15-,18-/m0/s1. The van der Waals surface area contributed by atoms with Gasteiger partial charge in [0, 0.05) is 25.1 Å². The topological polar surface area (TPSA) is 76.1 Å². The second kappa shape index (κ2) is 6.18. The van der Waals surface area contributed by atoms with E-state index in [0.717, 1.165) is 25.1 Å². The number of carbonyl (C=O) groups is 2. The number of hydrogen-bond acceptors (Lipinski definition) is 6. The lowest BCUT2D eigenvalue weighted by atomic mass is 9.91. The van der Waals surface area contributed by atoms with E-state index >= 15 is 0 Å². The molecular weight excluding hydrogens is 310 g/mol. The third-order valence-electron chi connectivity index (χ3n) is 5.14. The summed E-state index contributed by atoms with van der Waals surface area (Å²) in [7, 11) is 0. The molecule has 0 bridgehead atoms. The molecule has 2 saturated heterocycles. The molecule has 3 heterocycles. The van der Waals surface area contributed by atoms with Gasteiger partial charge in [-0.3, -0.25) is 4.90 Å². The molecule has 1 N–H and O–H groups in total. The Bertz CT molecular complexity index is 646. The molecule has 0 radical (unpaired) electrons. The molecular formula is C18H23NO5. The van der Waals surface area contributed by atoms with Crippen molar-refractivity contribution < 1.29 is 24.2 Å². The average Bonchev–Trinajstić information content (AvgIpc) is 3.12. The van der Waals surface area contributed by atoms with Crippen molar-refractivity contribution in [3.05, 3.63) is 35.5 Å². The number of carbonyl (C=O) groups excluding carboxylic acids is 2. The van der Waals surface area contributed by atoms with Gasteiger partial charge < -0.3 is 14.6 Å². The van der Waals surface area contributed by atoms with Crippen LogP contribution in [0.4, 0.5) is 0 Å². The first-order valence-corrected chi connectivity index (χ1v) is 8.21. The maximum atomic E-state index is 12.5. The molecule has 6 nitrogen and oxygen atoms in total. The summed E-state index contributed by atoms with van der Waals surface area (Å²) in [6, 6.07) is -0.0487. The highest BCUT2D eigenvalue weighted by atomic mass is 16.6. The highest BCUT2D eigenvalue weighted by molar-refractivity contribution is 5.90. The van der Waals surface area contributed by atoms with Crippen LogP contribution in [0.1, 0.15) is 26.7 Å². The average molecular weight is 333 g/mol. The van der Waals surface area contributed by atoms with E-state index in [4.69, 9.17) is 9.47 Å². The molecule has 0 aliphatic carbocycles. The van der Waals surface area contributed by atoms with Gasteiger partial charge in [-0.2, -0.15) is 0 Å². The Morgan fingerprint density at radius 2 is 2.21 bits per heavy atom. The van der Waals surface area contributed by atoms with Crippen molar-refractivity contribution in [1.29, 1.82) is 0 Å². The summed E-state index contributed by atoms with van der Waals surface area (Å²) >= 11 is 0. The van der Waals surface area contributed by atoms with E-state index in [0.29, 0.717) is 5.57 Å². The minimum Gasteiger partial charge on any atom is -0.459 e. The van der Waals surface area contributed by atoms with Gasteiger partial charge in [-0.25, -0.2) is 9.59 Å². The number of esters is 2. The Balaban J connectivity index is 1.92. The van der Waals surface area contributed by atoms with Gasteiger partial charge in [0.05, 0.1) is 6.04 Å². The molecule has 130 valence electrons. The Morgan fingerprint density at radius 3 is 2.92 bits per heavy atom. The van der Waals surface area contributed by atoms with Crippen molar-refractivity contribution in [3.63, 3.8) is 0 Å². The van der Waals surface area contributed by atoms with E-state index in [1.54, 1.807) is 13.0 Å². The van der Waals surface area contributed by atoms with Gasteiger partial charge in [-0.1, -0.05) is 18.7 Å². The lowest BCUT2D eigenvalue weighted by molar-refractivity contribution is -0.160. The maximum Gasteiger partial charge on any atom is 0.342 e. The van der Waals surface area contributed by atoms with Gasteiger partial charge in [-0.15, -0.1) is 0 Å². The van der Waals surface area contributed by atoms with Gasteiger partial charge in [0.2, 0.25) is 0 Å². The van der Waals surface area contributed by atoms with Crippen LogP contribution in [0.5, 0.6) is 0 Å². The minimum absolute atomic E-state index is 0.0487. The van der Waals surface area contributed by atoms with Gasteiger partial charge in [0.15, 0.2) is 5.60 Å². The Labute approximate surface area is 141 Å². The fourth-order valence-electron chi connectivity index (χ4n) is 3.47. The molecule has 6 heteroatoms. The summed E-state index contributed by atoms with van der Waals surface area (Å²) < 4.78 is 11.1. The highest BCUT2D eigenvalue weighted by Crippen LogP contribution is 2.33. The highest BCUT2D eigenvalue weighted by Gasteiger charge is 2.44. The molecule has 2 fully saturated rings. The Hall–Kier alpha value is -1.92. The lowest BCUT2D eigenvalue weighted by Crippen LogP contribution is -2.42. The Kier molecular flexibility index (Phi) is 4.36. The first kappa shape index (κ1) is 16.9. The SMILES string of the molecule is C=C1C/C(=C/C)C(=O)O[C@H]2CCN3CC=C(COC(=O)[C@@]1(C)O)[C@@H]23. The summed E-state index contributed by atoms with van der Waals surface area (Å²) in [5.74, 6) is -1.16. The normalized spacial score (nSPS) is 36.5. The van der Waals surface area contributed by atoms with Crippen LogP contribution in [0.2, 0.25) is 0 Å². The summed E-state index contributed by atoms with van der Waals surface area (Å²) in [5, 5.41) is 10.5. The molecule has 3 aliphatic heterocycles. The van der Waals surface area contributed by atoms with Crippen LogP contribution in [-0.2, 0) is 19.1 Å². The molecule has 0 amide bonds. The molecule has 0 saturated carbocycles. The zero-order valence-electron chi connectivity index (χ0n) is 14.1. The minimum atomic E-state index is -1.85. The predicted octanol–water partition coefficient (Wildman–Crippen LogP) is 1.11. The molecule has 0 spiro atoms. The second-order valence-corrected chi connectivity index (χ2v) is 6.69. The fourth-order valence-corrected chi connectivity index (χ4v) is 3.47. The van der Waals surface area contributed by atoms with E-state index < -0.39 is 17.5 Å². The molecule has 0 unspecified atom stereocenters. The van der Waals surface area contributed by atoms with Gasteiger partial charge >= 0.3 is 11.9 Å². The summed E-state index contributed by atoms with van der Waals surface area (Å²) in [4.78, 5) is 27.0. The van der Waals surface area contributed by atoms with Crippen molar-refractivity contribution >= 4 is 11.9 Å². The van der Waals surface area contributed by atoms with Gasteiger partial charge in [0.1, 0.15) is 12.7 Å². The number of ether oxygens (including phenoxy) is 2. The quantitative estimate of drug-likeness (QED) is 0.407. The molecule has 24 heavy (non-hydrogen) atoms. The van der Waals surface area contributed by atoms with Crippen LogP contribution in [0.3, 0.4) is 0 Å². The Morgan fingerprint density at radius 1 is 1.46 bits per heavy atom. The zero-order chi connectivity index (χ0) is 17.5. The molecule has 0 aromatic rings. The largest absolute Gasteiger partial charge is 0.459 e. The van der Waals surface area contributed by atoms with Crippen molar-refractivity contribution in [1.82, 2.24) is 4.90 Å². The maximum absolute atomic E-state index is 12.5. The second-order valence-electron chi connectivity index (χ2n) is 6.69. The number of rotatable bonds is 0. The third-order valence-corrected chi connectivity index (χ3v) is 5.14. The number of aliphatic hydroxyl groups is 1. The van der Waals surface area contributed by atoms with Crippen LogP contribution >= 0.6 is 0 Å². The number of allylic oxidation sites excluding steroid dienone is 1. The molecule has 3 aliphatic rings. The monoisotopic (exact) mass is 333 g/mol. The van der Waals surface area contributed by atoms with Crippen LogP contribution in [-0.4, -0.2) is 59.4 Å². The van der Waals surface area contributed by atoms with E-state index in [2.05, 4.69) is 11.5 Å². The first-order valence-electron chi connectivity index (χ1n) is 8.21.